The van der Waals surface area contributed by atoms with Crippen molar-refractivity contribution in [2.24, 2.45) is 7.05 Å². The van der Waals surface area contributed by atoms with Crippen molar-refractivity contribution >= 4 is 35.1 Å². The summed E-state index contributed by atoms with van der Waals surface area (Å²) < 4.78 is 7.30. The fourth-order valence-corrected chi connectivity index (χ4v) is 2.23. The van der Waals surface area contributed by atoms with Crippen molar-refractivity contribution in [2.45, 2.75) is 20.4 Å². The zero-order valence-electron chi connectivity index (χ0n) is 13.6. The van der Waals surface area contributed by atoms with Gasteiger partial charge in [-0.2, -0.15) is 9.78 Å². The molecule has 0 aromatic carbocycles. The molecule has 0 atom stereocenters. The highest BCUT2D eigenvalue weighted by Gasteiger charge is 2.26. The number of nitrogens with one attached hydrogen (secondary N) is 1. The maximum absolute atomic E-state index is 12.2. The number of esters is 1. The van der Waals surface area contributed by atoms with E-state index in [2.05, 4.69) is 15.5 Å². The number of hydrogen-bond acceptors (Lipinski definition) is 7. The van der Waals surface area contributed by atoms with Crippen LogP contribution in [0.4, 0.5) is 11.6 Å². The van der Waals surface area contributed by atoms with Crippen molar-refractivity contribution in [1.29, 1.82) is 0 Å². The highest BCUT2D eigenvalue weighted by molar-refractivity contribution is 6.33. The van der Waals surface area contributed by atoms with Gasteiger partial charge in [-0.25, -0.2) is 4.79 Å². The Hall–Kier alpha value is -2.95. The topological polar surface area (TPSA) is 134 Å². The van der Waals surface area contributed by atoms with E-state index in [0.717, 1.165) is 4.68 Å². The van der Waals surface area contributed by atoms with E-state index in [1.807, 2.05) is 0 Å². The van der Waals surface area contributed by atoms with Crippen LogP contribution in [0.1, 0.15) is 23.0 Å². The number of aromatic nitrogens is 4. The third kappa shape index (κ3) is 3.76. The lowest BCUT2D eigenvalue weighted by Crippen LogP contribution is -2.23. The zero-order valence-corrected chi connectivity index (χ0v) is 14.4. The highest BCUT2D eigenvalue weighted by Crippen LogP contribution is 2.26. The van der Waals surface area contributed by atoms with E-state index in [0.29, 0.717) is 0 Å². The number of amides is 1. The molecule has 134 valence electrons. The third-order valence-corrected chi connectivity index (χ3v) is 3.72. The number of nitro groups is 1. The number of nitrogens with zero attached hydrogens (tertiary/aromatic N) is 5. The molecule has 2 aromatic rings. The second kappa shape index (κ2) is 7.30. The number of aryl methyl sites for hydroxylation is 1. The predicted octanol–water partition coefficient (Wildman–Crippen LogP) is 1.30. The van der Waals surface area contributed by atoms with Crippen LogP contribution in [-0.2, 0) is 23.1 Å². The normalized spacial score (nSPS) is 10.6. The highest BCUT2D eigenvalue weighted by atomic mass is 35.5. The molecule has 2 aromatic heterocycles. The fraction of sp³-hybridized carbons (Fsp3) is 0.385. The van der Waals surface area contributed by atoms with Gasteiger partial charge in [0.1, 0.15) is 17.9 Å². The van der Waals surface area contributed by atoms with E-state index in [-0.39, 0.29) is 35.2 Å². The Morgan fingerprint density at radius 3 is 2.72 bits per heavy atom. The first kappa shape index (κ1) is 18.4. The molecule has 0 saturated heterocycles. The fourth-order valence-electron chi connectivity index (χ4n) is 2.03. The minimum absolute atomic E-state index is 0.0962. The first-order valence-electron chi connectivity index (χ1n) is 7.12. The Morgan fingerprint density at radius 2 is 2.16 bits per heavy atom. The van der Waals surface area contributed by atoms with Crippen molar-refractivity contribution < 1.29 is 19.2 Å². The summed E-state index contributed by atoms with van der Waals surface area (Å²) in [4.78, 5) is 34.2. The molecule has 2 rings (SSSR count). The van der Waals surface area contributed by atoms with Crippen molar-refractivity contribution in [3.8, 4) is 0 Å². The summed E-state index contributed by atoms with van der Waals surface area (Å²) in [5, 5.41) is 20.8. The molecule has 1 N–H and O–H groups in total. The first-order valence-corrected chi connectivity index (χ1v) is 7.50. The summed E-state index contributed by atoms with van der Waals surface area (Å²) >= 11 is 5.83. The van der Waals surface area contributed by atoms with E-state index in [1.54, 1.807) is 14.0 Å². The van der Waals surface area contributed by atoms with Crippen LogP contribution in [0, 0.1) is 17.0 Å². The van der Waals surface area contributed by atoms with E-state index in [9.17, 15) is 19.7 Å². The van der Waals surface area contributed by atoms with Gasteiger partial charge in [0.15, 0.2) is 5.02 Å². The van der Waals surface area contributed by atoms with Crippen LogP contribution in [0.3, 0.4) is 0 Å². The monoisotopic (exact) mass is 370 g/mol. The SMILES string of the molecule is CCOC(=O)c1cnn(C)c1NC(=O)Cn1nc([N+](=O)[O-])c(Cl)c1C. The van der Waals surface area contributed by atoms with E-state index < -0.39 is 22.6 Å². The second-order valence-corrected chi connectivity index (χ2v) is 5.31. The minimum Gasteiger partial charge on any atom is -0.462 e. The lowest BCUT2D eigenvalue weighted by molar-refractivity contribution is -0.389. The van der Waals surface area contributed by atoms with Gasteiger partial charge >= 0.3 is 11.8 Å². The maximum atomic E-state index is 12.2. The van der Waals surface area contributed by atoms with Crippen molar-refractivity contribution in [3.05, 3.63) is 32.6 Å². The van der Waals surface area contributed by atoms with Crippen molar-refractivity contribution in [3.63, 3.8) is 0 Å². The average molecular weight is 371 g/mol. The van der Waals surface area contributed by atoms with Crippen LogP contribution in [0.2, 0.25) is 5.02 Å². The lowest BCUT2D eigenvalue weighted by atomic mass is 10.3. The Morgan fingerprint density at radius 1 is 1.48 bits per heavy atom. The number of carbonyl (C=O) groups is 2. The number of anilines is 1. The average Bonchev–Trinajstić information content (AvgIpc) is 3.03. The summed E-state index contributed by atoms with van der Waals surface area (Å²) in [6.07, 6.45) is 1.27. The van der Waals surface area contributed by atoms with Crippen LogP contribution in [0.15, 0.2) is 6.20 Å². The number of rotatable bonds is 6. The zero-order chi connectivity index (χ0) is 18.7. The molecule has 0 unspecified atom stereocenters. The molecule has 0 aliphatic carbocycles. The smallest absolute Gasteiger partial charge is 0.408 e. The summed E-state index contributed by atoms with van der Waals surface area (Å²) in [6, 6.07) is 0. The standard InChI is InChI=1S/C13H15ClN6O5/c1-4-25-13(22)8-5-15-18(3)11(8)16-9(21)6-19-7(2)10(14)12(17-19)20(23)24/h5H,4,6H2,1-3H3,(H,16,21). The number of carbonyl (C=O) groups excluding carboxylic acids is 2. The van der Waals surface area contributed by atoms with Gasteiger partial charge in [-0.05, 0) is 18.8 Å². The molecule has 0 bridgehead atoms. The van der Waals surface area contributed by atoms with E-state index in [1.165, 1.54) is 17.8 Å². The van der Waals surface area contributed by atoms with Gasteiger partial charge in [0.25, 0.3) is 0 Å². The van der Waals surface area contributed by atoms with E-state index >= 15 is 0 Å². The molecule has 25 heavy (non-hydrogen) atoms. The van der Waals surface area contributed by atoms with Crippen molar-refractivity contribution in [2.75, 3.05) is 11.9 Å². The number of halogens is 1. The van der Waals surface area contributed by atoms with Gasteiger partial charge < -0.3 is 20.2 Å². The van der Waals surface area contributed by atoms with Crippen LogP contribution in [0.25, 0.3) is 0 Å². The van der Waals surface area contributed by atoms with Gasteiger partial charge in [-0.3, -0.25) is 9.48 Å². The first-order chi connectivity index (χ1) is 11.8. The van der Waals surface area contributed by atoms with E-state index in [4.69, 9.17) is 16.3 Å². The molecule has 12 heteroatoms. The minimum atomic E-state index is -0.732. The summed E-state index contributed by atoms with van der Waals surface area (Å²) in [5.74, 6) is -1.57. The molecule has 2 heterocycles. The molecule has 11 nitrogen and oxygen atoms in total. The lowest BCUT2D eigenvalue weighted by Gasteiger charge is -2.08. The maximum Gasteiger partial charge on any atom is 0.408 e. The summed E-state index contributed by atoms with van der Waals surface area (Å²) in [5.41, 5.74) is 0.373. The van der Waals surface area contributed by atoms with Gasteiger partial charge in [-0.1, -0.05) is 11.6 Å². The molecule has 0 aliphatic rings. The van der Waals surface area contributed by atoms with Gasteiger partial charge in [0.2, 0.25) is 5.91 Å². The molecule has 0 fully saturated rings. The molecule has 1 amide bonds. The molecule has 0 aliphatic heterocycles. The van der Waals surface area contributed by atoms with Gasteiger partial charge in [-0.15, -0.1) is 0 Å². The molecular weight excluding hydrogens is 356 g/mol. The van der Waals surface area contributed by atoms with Crippen molar-refractivity contribution in [1.82, 2.24) is 19.6 Å². The Labute approximate surface area is 146 Å². The molecular formula is C13H15ClN6O5. The third-order valence-electron chi connectivity index (χ3n) is 3.27. The van der Waals surface area contributed by atoms with Crippen LogP contribution < -0.4 is 5.32 Å². The van der Waals surface area contributed by atoms with Crippen LogP contribution in [0.5, 0.6) is 0 Å². The van der Waals surface area contributed by atoms with Gasteiger partial charge in [0, 0.05) is 7.05 Å². The quantitative estimate of drug-likeness (QED) is 0.460. The summed E-state index contributed by atoms with van der Waals surface area (Å²) in [7, 11) is 1.54. The number of ether oxygens (including phenoxy) is 1. The molecule has 0 spiro atoms. The second-order valence-electron chi connectivity index (χ2n) is 4.94. The van der Waals surface area contributed by atoms with Gasteiger partial charge in [0.05, 0.1) is 23.6 Å². The Balaban J connectivity index is 2.19. The predicted molar refractivity (Wildman–Crippen MR) is 86.4 cm³/mol. The number of hydrogen-bond donors (Lipinski definition) is 1. The molecule has 0 radical (unpaired) electrons. The summed E-state index contributed by atoms with van der Waals surface area (Å²) in [6.45, 7) is 3.01. The van der Waals surface area contributed by atoms with Crippen LogP contribution in [-0.4, -0.2) is 43.0 Å². The van der Waals surface area contributed by atoms with Crippen LogP contribution >= 0.6 is 11.6 Å². The Bertz CT molecular complexity index is 842. The largest absolute Gasteiger partial charge is 0.462 e. The Kier molecular flexibility index (Phi) is 5.37. The molecule has 0 saturated carbocycles.